The van der Waals surface area contributed by atoms with E-state index in [1.807, 2.05) is 0 Å². The van der Waals surface area contributed by atoms with Gasteiger partial charge in [0, 0.05) is 0 Å². The molecule has 1 spiro atoms. The van der Waals surface area contributed by atoms with Crippen molar-refractivity contribution in [3.63, 3.8) is 0 Å². The van der Waals surface area contributed by atoms with Gasteiger partial charge < -0.3 is 0 Å². The van der Waals surface area contributed by atoms with E-state index in [0.29, 0.717) is 0 Å². The molecule has 0 saturated heterocycles. The molecule has 0 heteroatoms. The minimum Gasteiger partial charge on any atom is -0.0614 e. The van der Waals surface area contributed by atoms with Crippen LogP contribution in [0.3, 0.4) is 0 Å². The Morgan fingerprint density at radius 2 is 2.22 bits per heavy atom. The number of hydrogen-bond acceptors (Lipinski definition) is 0. The third-order valence-electron chi connectivity index (χ3n) is 4.87. The summed E-state index contributed by atoms with van der Waals surface area (Å²) < 4.78 is 0. The van der Waals surface area contributed by atoms with Gasteiger partial charge in [0.15, 0.2) is 0 Å². The summed E-state index contributed by atoms with van der Waals surface area (Å²) in [5, 5.41) is 0. The summed E-state index contributed by atoms with van der Waals surface area (Å²) in [6.45, 7) is 4.96. The molecular formula is C9H14. The normalized spacial score (nSPS) is 75.3. The maximum Gasteiger partial charge on any atom is -0.0178 e. The van der Waals surface area contributed by atoms with E-state index in [1.165, 1.54) is 5.92 Å². The fraction of sp³-hybridized carbons (Fsp3) is 1.00. The largest absolute Gasteiger partial charge is 0.0614 e. The second kappa shape index (κ2) is 0.889. The Hall–Kier alpha value is 0. The van der Waals surface area contributed by atoms with Crippen LogP contribution in [0.2, 0.25) is 0 Å². The van der Waals surface area contributed by atoms with Crippen molar-refractivity contribution in [3.05, 3.63) is 0 Å². The summed E-state index contributed by atoms with van der Waals surface area (Å²) in [5.41, 5.74) is 1.75. The zero-order valence-electron chi connectivity index (χ0n) is 6.28. The summed E-state index contributed by atoms with van der Waals surface area (Å²) in [4.78, 5) is 0. The van der Waals surface area contributed by atoms with Crippen LogP contribution in [-0.2, 0) is 0 Å². The van der Waals surface area contributed by atoms with E-state index in [2.05, 4.69) is 13.8 Å². The topological polar surface area (TPSA) is 0 Å². The fourth-order valence-electron chi connectivity index (χ4n) is 3.91. The predicted molar refractivity (Wildman–Crippen MR) is 37.0 cm³/mol. The Bertz CT molecular complexity index is 180. The molecule has 0 nitrogen and oxygen atoms in total. The number of rotatable bonds is 0. The van der Waals surface area contributed by atoms with Crippen LogP contribution in [0, 0.1) is 22.7 Å². The van der Waals surface area contributed by atoms with Crippen molar-refractivity contribution in [1.29, 1.82) is 0 Å². The highest BCUT2D eigenvalue weighted by molar-refractivity contribution is 5.33. The summed E-state index contributed by atoms with van der Waals surface area (Å²) in [6.07, 6.45) is 4.68. The molecule has 0 aromatic heterocycles. The van der Waals surface area contributed by atoms with Gasteiger partial charge in [0.2, 0.25) is 0 Å². The fourth-order valence-corrected chi connectivity index (χ4v) is 3.91. The van der Waals surface area contributed by atoms with E-state index < -0.39 is 0 Å². The van der Waals surface area contributed by atoms with Crippen LogP contribution in [0.5, 0.6) is 0 Å². The third kappa shape index (κ3) is 0.249. The van der Waals surface area contributed by atoms with Crippen LogP contribution >= 0.6 is 0 Å². The van der Waals surface area contributed by atoms with Gasteiger partial charge in [-0.2, -0.15) is 0 Å². The lowest BCUT2D eigenvalue weighted by Crippen LogP contribution is -1.94. The Balaban J connectivity index is 2.09. The van der Waals surface area contributed by atoms with Crippen molar-refractivity contribution in [2.24, 2.45) is 22.7 Å². The maximum atomic E-state index is 2.50. The van der Waals surface area contributed by atoms with Gasteiger partial charge in [0.1, 0.15) is 0 Å². The highest BCUT2D eigenvalue weighted by Crippen LogP contribution is 2.91. The molecule has 0 N–H and O–H groups in total. The quantitative estimate of drug-likeness (QED) is 0.463. The van der Waals surface area contributed by atoms with Crippen LogP contribution in [0.15, 0.2) is 0 Å². The minimum atomic E-state index is 0.831. The van der Waals surface area contributed by atoms with Crippen molar-refractivity contribution in [2.45, 2.75) is 33.1 Å². The summed E-state index contributed by atoms with van der Waals surface area (Å²) in [6, 6.07) is 0. The highest BCUT2D eigenvalue weighted by Gasteiger charge is 2.85. The molecule has 0 heterocycles. The second-order valence-corrected chi connectivity index (χ2v) is 4.62. The Morgan fingerprint density at radius 3 is 2.44 bits per heavy atom. The lowest BCUT2D eigenvalue weighted by Gasteiger charge is -2.04. The summed E-state index contributed by atoms with van der Waals surface area (Å²) >= 11 is 0. The van der Waals surface area contributed by atoms with Crippen molar-refractivity contribution in [3.8, 4) is 0 Å². The molecule has 0 amide bonds. The average molecular weight is 122 g/mol. The SMILES string of the molecule is CC1C2(C)CCC3CC312. The first-order valence-electron chi connectivity index (χ1n) is 4.22. The molecule has 4 atom stereocenters. The van der Waals surface area contributed by atoms with Crippen LogP contribution in [0.25, 0.3) is 0 Å². The molecule has 50 valence electrons. The smallest absolute Gasteiger partial charge is 0.0178 e. The Morgan fingerprint density at radius 1 is 1.44 bits per heavy atom. The molecule has 4 unspecified atom stereocenters. The lowest BCUT2D eigenvalue weighted by molar-refractivity contribution is 0.466. The van der Waals surface area contributed by atoms with Crippen LogP contribution in [-0.4, -0.2) is 0 Å². The summed E-state index contributed by atoms with van der Waals surface area (Å²) in [5.74, 6) is 2.27. The Kier molecular flexibility index (Phi) is 0.470. The van der Waals surface area contributed by atoms with Gasteiger partial charge in [-0.05, 0) is 41.9 Å². The molecule has 3 rings (SSSR count). The Labute approximate surface area is 56.6 Å². The van der Waals surface area contributed by atoms with Crippen LogP contribution < -0.4 is 0 Å². The monoisotopic (exact) mass is 122 g/mol. The van der Waals surface area contributed by atoms with Crippen LogP contribution in [0.4, 0.5) is 0 Å². The third-order valence-corrected chi connectivity index (χ3v) is 4.87. The molecule has 0 radical (unpaired) electrons. The molecule has 0 aliphatic heterocycles. The van der Waals surface area contributed by atoms with E-state index in [4.69, 9.17) is 0 Å². The summed E-state index contributed by atoms with van der Waals surface area (Å²) in [7, 11) is 0. The van der Waals surface area contributed by atoms with Gasteiger partial charge in [-0.3, -0.25) is 0 Å². The molecule has 0 bridgehead atoms. The first-order chi connectivity index (χ1) is 4.22. The van der Waals surface area contributed by atoms with E-state index in [1.54, 1.807) is 19.3 Å². The van der Waals surface area contributed by atoms with Gasteiger partial charge in [-0.15, -0.1) is 0 Å². The van der Waals surface area contributed by atoms with E-state index in [0.717, 1.165) is 16.7 Å². The van der Waals surface area contributed by atoms with E-state index >= 15 is 0 Å². The molecule has 9 heavy (non-hydrogen) atoms. The molecule has 3 fully saturated rings. The van der Waals surface area contributed by atoms with Gasteiger partial charge in [0.25, 0.3) is 0 Å². The standard InChI is InChI=1S/C9H14/c1-6-8(2)4-3-7-5-9(6,7)8/h6-7H,3-5H2,1-2H3. The highest BCUT2D eigenvalue weighted by atomic mass is 14.9. The molecule has 0 aromatic rings. The van der Waals surface area contributed by atoms with Gasteiger partial charge in [0.05, 0.1) is 0 Å². The van der Waals surface area contributed by atoms with Gasteiger partial charge in [-0.25, -0.2) is 0 Å². The zero-order valence-corrected chi connectivity index (χ0v) is 6.28. The molecule has 0 aromatic carbocycles. The molecule has 3 aliphatic rings. The van der Waals surface area contributed by atoms with Gasteiger partial charge in [-0.1, -0.05) is 13.8 Å². The maximum absolute atomic E-state index is 2.50. The first kappa shape index (κ1) is 4.76. The van der Waals surface area contributed by atoms with E-state index in [-0.39, 0.29) is 0 Å². The first-order valence-corrected chi connectivity index (χ1v) is 4.22. The average Bonchev–Trinajstić information content (AvgIpc) is 2.62. The number of hydrogen-bond donors (Lipinski definition) is 0. The lowest BCUT2D eigenvalue weighted by atomic mass is 10.0. The van der Waals surface area contributed by atoms with E-state index in [9.17, 15) is 0 Å². The predicted octanol–water partition coefficient (Wildman–Crippen LogP) is 2.44. The molecule has 3 aliphatic carbocycles. The van der Waals surface area contributed by atoms with Crippen LogP contribution in [0.1, 0.15) is 33.1 Å². The van der Waals surface area contributed by atoms with Crippen molar-refractivity contribution >= 4 is 0 Å². The van der Waals surface area contributed by atoms with Crippen molar-refractivity contribution < 1.29 is 0 Å². The molecular weight excluding hydrogens is 108 g/mol. The van der Waals surface area contributed by atoms with Crippen molar-refractivity contribution in [2.75, 3.05) is 0 Å². The zero-order chi connectivity index (χ0) is 6.28. The second-order valence-electron chi connectivity index (χ2n) is 4.62. The molecule has 3 saturated carbocycles. The van der Waals surface area contributed by atoms with Crippen molar-refractivity contribution in [1.82, 2.24) is 0 Å². The minimum absolute atomic E-state index is 0.831. The van der Waals surface area contributed by atoms with Gasteiger partial charge >= 0.3 is 0 Å².